The maximum atomic E-state index is 13.2. The highest BCUT2D eigenvalue weighted by Crippen LogP contribution is 2.28. The monoisotopic (exact) mass is 425 g/mol. The third-order valence-electron chi connectivity index (χ3n) is 4.53. The number of hydrogen-bond acceptors (Lipinski definition) is 5. The summed E-state index contributed by atoms with van der Waals surface area (Å²) in [6.07, 6.45) is 4.14. The zero-order chi connectivity index (χ0) is 20.1. The zero-order valence-corrected chi connectivity index (χ0v) is 16.8. The van der Waals surface area contributed by atoms with Gasteiger partial charge in [0, 0.05) is 30.1 Å². The van der Waals surface area contributed by atoms with Crippen LogP contribution in [0.15, 0.2) is 28.0 Å². The average molecular weight is 426 g/mol. The highest BCUT2D eigenvalue weighted by atomic mass is 35.5. The van der Waals surface area contributed by atoms with E-state index >= 15 is 0 Å². The van der Waals surface area contributed by atoms with Crippen molar-refractivity contribution in [2.45, 2.75) is 43.7 Å². The Morgan fingerprint density at radius 3 is 2.89 bits per heavy atom. The van der Waals surface area contributed by atoms with Crippen LogP contribution >= 0.6 is 23.4 Å². The van der Waals surface area contributed by atoms with Crippen LogP contribution in [0.3, 0.4) is 0 Å². The number of benzene rings is 1. The number of aromatic nitrogens is 2. The minimum absolute atomic E-state index is 0.0191. The van der Waals surface area contributed by atoms with E-state index in [0.29, 0.717) is 23.7 Å². The van der Waals surface area contributed by atoms with Gasteiger partial charge in [-0.1, -0.05) is 23.4 Å². The minimum Gasteiger partial charge on any atom is -0.396 e. The first kappa shape index (κ1) is 20.8. The van der Waals surface area contributed by atoms with Crippen molar-refractivity contribution < 1.29 is 14.3 Å². The first-order valence-electron chi connectivity index (χ1n) is 9.10. The van der Waals surface area contributed by atoms with E-state index in [0.717, 1.165) is 36.9 Å². The van der Waals surface area contributed by atoms with Crippen molar-refractivity contribution in [1.82, 2.24) is 9.55 Å². The molecule has 150 valence electrons. The Kier molecular flexibility index (Phi) is 7.09. The molecular formula is C19H21ClFN3O3S. The fourth-order valence-corrected chi connectivity index (χ4v) is 4.29. The molecule has 6 nitrogen and oxygen atoms in total. The van der Waals surface area contributed by atoms with Gasteiger partial charge in [0.15, 0.2) is 0 Å². The summed E-state index contributed by atoms with van der Waals surface area (Å²) < 4.78 is 14.9. The van der Waals surface area contributed by atoms with Crippen LogP contribution in [-0.4, -0.2) is 32.9 Å². The third kappa shape index (κ3) is 4.92. The van der Waals surface area contributed by atoms with Gasteiger partial charge in [-0.05, 0) is 50.3 Å². The van der Waals surface area contributed by atoms with Crippen LogP contribution < -0.4 is 11.0 Å². The predicted molar refractivity (Wildman–Crippen MR) is 108 cm³/mol. The van der Waals surface area contributed by atoms with Crippen molar-refractivity contribution in [2.75, 3.05) is 17.7 Å². The third-order valence-corrected chi connectivity index (χ3v) is 5.84. The van der Waals surface area contributed by atoms with Crippen LogP contribution in [-0.2, 0) is 24.2 Å². The normalized spacial score (nSPS) is 13.2. The summed E-state index contributed by atoms with van der Waals surface area (Å²) in [6, 6.07) is 3.98. The van der Waals surface area contributed by atoms with E-state index in [1.807, 2.05) is 0 Å². The lowest BCUT2D eigenvalue weighted by atomic mass is 9.97. The molecule has 2 N–H and O–H groups in total. The van der Waals surface area contributed by atoms with Crippen LogP contribution in [0.5, 0.6) is 0 Å². The fraction of sp³-hybridized carbons (Fsp3) is 0.421. The molecule has 0 bridgehead atoms. The van der Waals surface area contributed by atoms with E-state index < -0.39 is 5.82 Å². The standard InChI is InChI=1S/C19H21ClFN3O3S/c20-14-10-12(6-7-15(14)21)22-17(26)11-28-18-13-4-1-2-5-16(13)24(8-3-9-25)19(27)23-18/h6-7,10,25H,1-5,8-9,11H2,(H,22,26). The molecule has 1 aliphatic rings. The molecule has 3 rings (SSSR count). The maximum absolute atomic E-state index is 13.2. The number of anilines is 1. The van der Waals surface area contributed by atoms with Crippen molar-refractivity contribution in [3.8, 4) is 0 Å². The summed E-state index contributed by atoms with van der Waals surface area (Å²) >= 11 is 6.95. The van der Waals surface area contributed by atoms with Gasteiger partial charge in [0.05, 0.1) is 10.8 Å². The quantitative estimate of drug-likeness (QED) is 0.526. The van der Waals surface area contributed by atoms with Gasteiger partial charge in [0.2, 0.25) is 5.91 Å². The Bertz CT molecular complexity index is 935. The number of carbonyl (C=O) groups is 1. The highest BCUT2D eigenvalue weighted by Gasteiger charge is 2.21. The van der Waals surface area contributed by atoms with E-state index in [4.69, 9.17) is 16.7 Å². The largest absolute Gasteiger partial charge is 0.396 e. The van der Waals surface area contributed by atoms with Gasteiger partial charge in [0.1, 0.15) is 10.8 Å². The van der Waals surface area contributed by atoms with Crippen LogP contribution in [0.25, 0.3) is 0 Å². The molecule has 0 aliphatic heterocycles. The molecule has 0 saturated heterocycles. The zero-order valence-electron chi connectivity index (χ0n) is 15.2. The number of aliphatic hydroxyl groups is 1. The smallest absolute Gasteiger partial charge is 0.348 e. The second-order valence-electron chi connectivity index (χ2n) is 6.53. The molecule has 0 radical (unpaired) electrons. The Balaban J connectivity index is 1.73. The molecule has 1 amide bonds. The second-order valence-corrected chi connectivity index (χ2v) is 7.90. The first-order chi connectivity index (χ1) is 13.5. The Morgan fingerprint density at radius 1 is 1.36 bits per heavy atom. The first-order valence-corrected chi connectivity index (χ1v) is 10.5. The predicted octanol–water partition coefficient (Wildman–Crippen LogP) is 3.03. The minimum atomic E-state index is -0.549. The van der Waals surface area contributed by atoms with Gasteiger partial charge in [-0.25, -0.2) is 9.18 Å². The van der Waals surface area contributed by atoms with E-state index in [-0.39, 0.29) is 29.0 Å². The number of rotatable bonds is 7. The molecule has 1 aliphatic carbocycles. The Hall–Kier alpha value is -1.90. The fourth-order valence-electron chi connectivity index (χ4n) is 3.23. The number of thioether (sulfide) groups is 1. The maximum Gasteiger partial charge on any atom is 0.348 e. The lowest BCUT2D eigenvalue weighted by Crippen LogP contribution is -2.30. The van der Waals surface area contributed by atoms with Gasteiger partial charge in [0.25, 0.3) is 0 Å². The number of carbonyl (C=O) groups excluding carboxylic acids is 1. The van der Waals surface area contributed by atoms with Gasteiger partial charge < -0.3 is 10.4 Å². The number of nitrogens with zero attached hydrogens (tertiary/aromatic N) is 2. The molecule has 0 spiro atoms. The Morgan fingerprint density at radius 2 is 2.14 bits per heavy atom. The van der Waals surface area contributed by atoms with Gasteiger partial charge >= 0.3 is 5.69 Å². The molecule has 0 fully saturated rings. The SMILES string of the molecule is O=C(CSc1nc(=O)n(CCCO)c2c1CCCC2)Nc1ccc(F)c(Cl)c1. The van der Waals surface area contributed by atoms with E-state index in [9.17, 15) is 14.0 Å². The molecule has 28 heavy (non-hydrogen) atoms. The van der Waals surface area contributed by atoms with E-state index in [1.54, 1.807) is 4.57 Å². The van der Waals surface area contributed by atoms with Gasteiger partial charge in [-0.15, -0.1) is 0 Å². The molecule has 1 aromatic carbocycles. The summed E-state index contributed by atoms with van der Waals surface area (Å²) in [5.74, 6) is -0.760. The molecule has 0 saturated carbocycles. The van der Waals surface area contributed by atoms with Crippen molar-refractivity contribution >= 4 is 35.0 Å². The summed E-state index contributed by atoms with van der Waals surface area (Å²) in [5.41, 5.74) is 2.05. The molecule has 1 aromatic heterocycles. The average Bonchev–Trinajstić information content (AvgIpc) is 2.68. The van der Waals surface area contributed by atoms with Crippen LogP contribution in [0, 0.1) is 5.82 Å². The van der Waals surface area contributed by atoms with Crippen molar-refractivity contribution in [2.24, 2.45) is 0 Å². The lowest BCUT2D eigenvalue weighted by Gasteiger charge is -2.22. The van der Waals surface area contributed by atoms with Crippen molar-refractivity contribution in [3.63, 3.8) is 0 Å². The molecular weight excluding hydrogens is 405 g/mol. The van der Waals surface area contributed by atoms with Crippen molar-refractivity contribution in [3.05, 3.63) is 50.8 Å². The summed E-state index contributed by atoms with van der Waals surface area (Å²) in [6.45, 7) is 0.465. The van der Waals surface area contributed by atoms with E-state index in [2.05, 4.69) is 10.3 Å². The molecule has 9 heteroatoms. The molecule has 0 unspecified atom stereocenters. The summed E-state index contributed by atoms with van der Waals surface area (Å²) in [5, 5.41) is 12.3. The number of nitrogens with one attached hydrogen (secondary N) is 1. The summed E-state index contributed by atoms with van der Waals surface area (Å²) in [7, 11) is 0. The number of amides is 1. The highest BCUT2D eigenvalue weighted by molar-refractivity contribution is 8.00. The van der Waals surface area contributed by atoms with Gasteiger partial charge in [-0.3, -0.25) is 9.36 Å². The summed E-state index contributed by atoms with van der Waals surface area (Å²) in [4.78, 5) is 28.8. The number of fused-ring (bicyclic) bond motifs is 1. The Labute approximate surface area is 171 Å². The number of halogens is 2. The van der Waals surface area contributed by atoms with Crippen LogP contribution in [0.4, 0.5) is 10.1 Å². The van der Waals surface area contributed by atoms with Crippen LogP contribution in [0.2, 0.25) is 5.02 Å². The van der Waals surface area contributed by atoms with E-state index in [1.165, 1.54) is 30.0 Å². The molecule has 2 aromatic rings. The molecule has 0 atom stereocenters. The second kappa shape index (κ2) is 9.54. The van der Waals surface area contributed by atoms with Crippen molar-refractivity contribution in [1.29, 1.82) is 0 Å². The lowest BCUT2D eigenvalue weighted by molar-refractivity contribution is -0.113. The molecule has 1 heterocycles. The van der Waals surface area contributed by atoms with Gasteiger partial charge in [-0.2, -0.15) is 4.98 Å². The topological polar surface area (TPSA) is 84.2 Å². The number of hydrogen-bond donors (Lipinski definition) is 2. The number of aliphatic hydroxyl groups excluding tert-OH is 1. The van der Waals surface area contributed by atoms with Crippen LogP contribution in [0.1, 0.15) is 30.5 Å².